The van der Waals surface area contributed by atoms with Crippen molar-refractivity contribution in [3.05, 3.63) is 0 Å². The van der Waals surface area contributed by atoms with Crippen LogP contribution in [0.25, 0.3) is 0 Å². The minimum atomic E-state index is 0.477. The minimum Gasteiger partial charge on any atom is -0.381 e. The zero-order valence-corrected chi connectivity index (χ0v) is 10.9. The van der Waals surface area contributed by atoms with Gasteiger partial charge in [0, 0.05) is 20.3 Å². The summed E-state index contributed by atoms with van der Waals surface area (Å²) in [5, 5.41) is 0. The molecule has 1 aliphatic heterocycles. The maximum atomic E-state index is 5.70. The van der Waals surface area contributed by atoms with Gasteiger partial charge in [0.05, 0.1) is 6.10 Å². The van der Waals surface area contributed by atoms with Crippen LogP contribution in [-0.4, -0.2) is 26.4 Å². The summed E-state index contributed by atoms with van der Waals surface area (Å²) in [6, 6.07) is 0. The molecule has 0 aromatic carbocycles. The molecule has 0 N–H and O–H groups in total. The average molecular weight is 226 g/mol. The molecule has 0 aromatic heterocycles. The van der Waals surface area contributed by atoms with Gasteiger partial charge in [-0.15, -0.1) is 0 Å². The van der Waals surface area contributed by atoms with Crippen LogP contribution in [0.2, 0.25) is 0 Å². The van der Waals surface area contributed by atoms with Crippen molar-refractivity contribution >= 4 is 0 Å². The molecule has 16 heavy (non-hydrogen) atoms. The van der Waals surface area contributed by atoms with Gasteiger partial charge in [0.25, 0.3) is 0 Å². The van der Waals surface area contributed by atoms with Crippen LogP contribution in [0.15, 0.2) is 0 Å². The monoisotopic (exact) mass is 226 g/mol. The van der Waals surface area contributed by atoms with E-state index in [9.17, 15) is 0 Å². The van der Waals surface area contributed by atoms with E-state index in [-0.39, 0.29) is 0 Å². The van der Waals surface area contributed by atoms with Crippen molar-refractivity contribution in [3.63, 3.8) is 0 Å². The van der Waals surface area contributed by atoms with Crippen molar-refractivity contribution in [2.24, 2.45) is 23.7 Å². The lowest BCUT2D eigenvalue weighted by molar-refractivity contribution is -0.0732. The van der Waals surface area contributed by atoms with E-state index in [1.54, 1.807) is 0 Å². The lowest BCUT2D eigenvalue weighted by Crippen LogP contribution is -2.41. The second kappa shape index (κ2) is 5.50. The van der Waals surface area contributed by atoms with Crippen molar-refractivity contribution in [3.8, 4) is 0 Å². The number of hydrogen-bond acceptors (Lipinski definition) is 2. The highest BCUT2D eigenvalue weighted by molar-refractivity contribution is 4.87. The molecule has 0 bridgehead atoms. The summed E-state index contributed by atoms with van der Waals surface area (Å²) in [7, 11) is 1.88. The molecular formula is C14H26O2. The van der Waals surface area contributed by atoms with E-state index in [2.05, 4.69) is 13.8 Å². The lowest BCUT2D eigenvalue weighted by Gasteiger charge is -2.42. The summed E-state index contributed by atoms with van der Waals surface area (Å²) >= 11 is 0. The topological polar surface area (TPSA) is 18.5 Å². The molecule has 1 saturated carbocycles. The van der Waals surface area contributed by atoms with Gasteiger partial charge in [-0.05, 0) is 49.4 Å². The van der Waals surface area contributed by atoms with Crippen LogP contribution in [0.1, 0.15) is 39.5 Å². The summed E-state index contributed by atoms with van der Waals surface area (Å²) < 4.78 is 11.4. The first kappa shape index (κ1) is 12.4. The van der Waals surface area contributed by atoms with Crippen LogP contribution < -0.4 is 0 Å². The second-order valence-electron chi connectivity index (χ2n) is 5.86. The second-order valence-corrected chi connectivity index (χ2v) is 5.86. The van der Waals surface area contributed by atoms with Crippen LogP contribution in [-0.2, 0) is 9.47 Å². The van der Waals surface area contributed by atoms with Crippen LogP contribution in [0.5, 0.6) is 0 Å². The largest absolute Gasteiger partial charge is 0.381 e. The zero-order valence-electron chi connectivity index (χ0n) is 10.9. The molecule has 0 spiro atoms. The van der Waals surface area contributed by atoms with Crippen LogP contribution in [0, 0.1) is 23.7 Å². The quantitative estimate of drug-likeness (QED) is 0.720. The van der Waals surface area contributed by atoms with Gasteiger partial charge in [-0.1, -0.05) is 13.8 Å². The van der Waals surface area contributed by atoms with Gasteiger partial charge in [-0.25, -0.2) is 0 Å². The Balaban J connectivity index is 2.02. The van der Waals surface area contributed by atoms with Crippen molar-refractivity contribution in [2.75, 3.05) is 20.3 Å². The molecule has 0 radical (unpaired) electrons. The van der Waals surface area contributed by atoms with Gasteiger partial charge in [0.15, 0.2) is 0 Å². The van der Waals surface area contributed by atoms with Gasteiger partial charge in [0.2, 0.25) is 0 Å². The third kappa shape index (κ3) is 2.60. The predicted octanol–water partition coefficient (Wildman–Crippen LogP) is 3.11. The minimum absolute atomic E-state index is 0.477. The third-order valence-corrected chi connectivity index (χ3v) is 4.71. The Bertz CT molecular complexity index is 217. The molecule has 2 nitrogen and oxygen atoms in total. The van der Waals surface area contributed by atoms with E-state index in [0.29, 0.717) is 6.10 Å². The Morgan fingerprint density at radius 3 is 2.56 bits per heavy atom. The van der Waals surface area contributed by atoms with Crippen LogP contribution >= 0.6 is 0 Å². The fraction of sp³-hybridized carbons (Fsp3) is 1.00. The summed E-state index contributed by atoms with van der Waals surface area (Å²) in [4.78, 5) is 0. The number of ether oxygens (including phenoxy) is 2. The van der Waals surface area contributed by atoms with E-state index in [1.165, 1.54) is 25.7 Å². The zero-order chi connectivity index (χ0) is 11.5. The van der Waals surface area contributed by atoms with Crippen molar-refractivity contribution in [1.82, 2.24) is 0 Å². The van der Waals surface area contributed by atoms with E-state index in [0.717, 1.165) is 36.9 Å². The Kier molecular flexibility index (Phi) is 4.26. The maximum Gasteiger partial charge on any atom is 0.0603 e. The lowest BCUT2D eigenvalue weighted by atomic mass is 9.69. The summed E-state index contributed by atoms with van der Waals surface area (Å²) in [5.74, 6) is 3.12. The number of hydrogen-bond donors (Lipinski definition) is 0. The highest BCUT2D eigenvalue weighted by atomic mass is 16.5. The van der Waals surface area contributed by atoms with Crippen molar-refractivity contribution in [2.45, 2.75) is 45.6 Å². The third-order valence-electron chi connectivity index (χ3n) is 4.71. The first-order chi connectivity index (χ1) is 7.72. The van der Waals surface area contributed by atoms with Gasteiger partial charge in [0.1, 0.15) is 0 Å². The molecule has 1 saturated heterocycles. The SMILES string of the molecule is COC1CCC(C)CC1C1COCCC1C. The maximum absolute atomic E-state index is 5.70. The summed E-state index contributed by atoms with van der Waals surface area (Å²) in [5.41, 5.74) is 0. The molecule has 0 aromatic rings. The van der Waals surface area contributed by atoms with Crippen molar-refractivity contribution < 1.29 is 9.47 Å². The molecule has 2 heteroatoms. The van der Waals surface area contributed by atoms with Gasteiger partial charge in [-0.3, -0.25) is 0 Å². The Morgan fingerprint density at radius 2 is 1.88 bits per heavy atom. The van der Waals surface area contributed by atoms with Gasteiger partial charge < -0.3 is 9.47 Å². The van der Waals surface area contributed by atoms with E-state index in [1.807, 2.05) is 7.11 Å². The molecule has 2 rings (SSSR count). The van der Waals surface area contributed by atoms with E-state index in [4.69, 9.17) is 9.47 Å². The molecular weight excluding hydrogens is 200 g/mol. The highest BCUT2D eigenvalue weighted by Gasteiger charge is 2.38. The molecule has 5 unspecified atom stereocenters. The molecule has 0 amide bonds. The van der Waals surface area contributed by atoms with E-state index >= 15 is 0 Å². The normalized spacial score (nSPS) is 45.6. The Morgan fingerprint density at radius 1 is 1.06 bits per heavy atom. The molecule has 94 valence electrons. The first-order valence-electron chi connectivity index (χ1n) is 6.83. The summed E-state index contributed by atoms with van der Waals surface area (Å²) in [6.45, 7) is 6.68. The van der Waals surface area contributed by atoms with Gasteiger partial charge in [-0.2, -0.15) is 0 Å². The number of rotatable bonds is 2. The van der Waals surface area contributed by atoms with Crippen LogP contribution in [0.4, 0.5) is 0 Å². The van der Waals surface area contributed by atoms with Gasteiger partial charge >= 0.3 is 0 Å². The molecule has 5 atom stereocenters. The molecule has 2 aliphatic rings. The fourth-order valence-corrected chi connectivity index (χ4v) is 3.55. The average Bonchev–Trinajstić information content (AvgIpc) is 2.29. The van der Waals surface area contributed by atoms with Crippen molar-refractivity contribution in [1.29, 1.82) is 0 Å². The molecule has 1 heterocycles. The molecule has 2 fully saturated rings. The number of methoxy groups -OCH3 is 1. The van der Waals surface area contributed by atoms with E-state index < -0.39 is 0 Å². The first-order valence-corrected chi connectivity index (χ1v) is 6.83. The fourth-order valence-electron chi connectivity index (χ4n) is 3.55. The Labute approximate surface area is 99.7 Å². The Hall–Kier alpha value is -0.0800. The van der Waals surface area contributed by atoms with Crippen LogP contribution in [0.3, 0.4) is 0 Å². The highest BCUT2D eigenvalue weighted by Crippen LogP contribution is 2.40. The molecule has 1 aliphatic carbocycles. The summed E-state index contributed by atoms with van der Waals surface area (Å²) in [6.07, 6.45) is 5.61. The smallest absolute Gasteiger partial charge is 0.0603 e. The standard InChI is InChI=1S/C14H26O2/c1-10-4-5-14(15-3)12(8-10)13-9-16-7-6-11(13)2/h10-14H,4-9H2,1-3H3. The predicted molar refractivity (Wildman–Crippen MR) is 65.4 cm³/mol.